The van der Waals surface area contributed by atoms with Gasteiger partial charge in [0.25, 0.3) is 5.91 Å². The molecular weight excluding hydrogens is 408 g/mol. The number of aliphatic carboxylic acids is 1. The second-order valence-electron chi connectivity index (χ2n) is 8.58. The lowest BCUT2D eigenvalue weighted by molar-refractivity contribution is -0.139. The van der Waals surface area contributed by atoms with Crippen molar-refractivity contribution in [3.05, 3.63) is 47.7 Å². The number of carboxylic acids is 1. The molecule has 0 bridgehead atoms. The van der Waals surface area contributed by atoms with Crippen molar-refractivity contribution in [2.75, 3.05) is 31.5 Å². The summed E-state index contributed by atoms with van der Waals surface area (Å²) in [6.07, 6.45) is 8.49. The van der Waals surface area contributed by atoms with Crippen LogP contribution in [0.5, 0.6) is 0 Å². The fraction of sp³-hybridized carbons (Fsp3) is 0.522. The number of amides is 1. The van der Waals surface area contributed by atoms with Crippen LogP contribution in [0, 0.1) is 5.92 Å². The van der Waals surface area contributed by atoms with E-state index in [1.807, 2.05) is 0 Å². The van der Waals surface area contributed by atoms with Gasteiger partial charge in [-0.2, -0.15) is 0 Å². The summed E-state index contributed by atoms with van der Waals surface area (Å²) in [5.41, 5.74) is 2.61. The van der Waals surface area contributed by atoms with Crippen LogP contribution in [-0.4, -0.2) is 69.1 Å². The predicted molar refractivity (Wildman–Crippen MR) is 119 cm³/mol. The number of rotatable bonds is 9. The number of aryl methyl sites for hydroxylation is 2. The average Bonchev–Trinajstić information content (AvgIpc) is 3.28. The van der Waals surface area contributed by atoms with Gasteiger partial charge in [-0.05, 0) is 68.7 Å². The van der Waals surface area contributed by atoms with Crippen molar-refractivity contribution >= 4 is 17.7 Å². The van der Waals surface area contributed by atoms with Crippen LogP contribution in [0.2, 0.25) is 0 Å². The third-order valence-electron chi connectivity index (χ3n) is 6.28. The Kier molecular flexibility index (Phi) is 7.26. The molecule has 32 heavy (non-hydrogen) atoms. The highest BCUT2D eigenvalue weighted by Crippen LogP contribution is 2.24. The summed E-state index contributed by atoms with van der Waals surface area (Å²) >= 11 is 0. The Labute approximate surface area is 187 Å². The van der Waals surface area contributed by atoms with Crippen molar-refractivity contribution in [1.82, 2.24) is 25.2 Å². The second kappa shape index (κ2) is 10.5. The molecule has 0 aromatic carbocycles. The number of likely N-dealkylation sites (tertiary alicyclic amines) is 1. The van der Waals surface area contributed by atoms with Gasteiger partial charge in [0.2, 0.25) is 0 Å². The Hall–Kier alpha value is -3.07. The van der Waals surface area contributed by atoms with E-state index in [9.17, 15) is 14.7 Å². The smallest absolute Gasteiger partial charge is 0.326 e. The van der Waals surface area contributed by atoms with E-state index in [1.165, 1.54) is 30.6 Å². The average molecular weight is 439 g/mol. The van der Waals surface area contributed by atoms with Crippen LogP contribution >= 0.6 is 0 Å². The summed E-state index contributed by atoms with van der Waals surface area (Å²) in [5.74, 6) is 0.103. The largest absolute Gasteiger partial charge is 0.480 e. The first-order chi connectivity index (χ1) is 15.6. The fourth-order valence-electron chi connectivity index (χ4n) is 4.44. The molecule has 3 N–H and O–H groups in total. The normalized spacial score (nSPS) is 19.1. The number of pyridine rings is 1. The van der Waals surface area contributed by atoms with Gasteiger partial charge >= 0.3 is 5.97 Å². The summed E-state index contributed by atoms with van der Waals surface area (Å²) in [5, 5.41) is 15.5. The van der Waals surface area contributed by atoms with E-state index in [4.69, 9.17) is 4.98 Å². The molecule has 0 radical (unpaired) electrons. The molecule has 0 aliphatic carbocycles. The van der Waals surface area contributed by atoms with Crippen molar-refractivity contribution in [2.45, 2.75) is 44.6 Å². The summed E-state index contributed by atoms with van der Waals surface area (Å²) in [6, 6.07) is 4.87. The molecule has 4 heterocycles. The van der Waals surface area contributed by atoms with E-state index >= 15 is 0 Å². The number of nitrogens with zero attached hydrogens (tertiary/aromatic N) is 4. The number of carbonyl (C=O) groups excluding carboxylic acids is 1. The Balaban J connectivity index is 1.22. The lowest BCUT2D eigenvalue weighted by Crippen LogP contribution is -2.43. The SMILES string of the molecule is O=C(N[C@@H](CCN1CC[C@@H](CCc2ccc3c(n2)NCCC3)C1)C(=O)O)c1ccncn1. The maximum atomic E-state index is 12.2. The highest BCUT2D eigenvalue weighted by atomic mass is 16.4. The molecule has 0 unspecified atom stereocenters. The number of carboxylic acid groups (broad SMARTS) is 1. The van der Waals surface area contributed by atoms with Crippen LogP contribution in [-0.2, 0) is 17.6 Å². The Morgan fingerprint density at radius 3 is 3.03 bits per heavy atom. The quantitative estimate of drug-likeness (QED) is 0.542. The minimum atomic E-state index is -1.03. The van der Waals surface area contributed by atoms with Gasteiger partial charge in [-0.3, -0.25) is 4.79 Å². The van der Waals surface area contributed by atoms with Crippen molar-refractivity contribution in [2.24, 2.45) is 5.92 Å². The van der Waals surface area contributed by atoms with Gasteiger partial charge in [0.15, 0.2) is 0 Å². The number of hydrogen-bond donors (Lipinski definition) is 3. The number of aromatic nitrogens is 3. The zero-order valence-corrected chi connectivity index (χ0v) is 18.2. The van der Waals surface area contributed by atoms with Gasteiger partial charge in [0, 0.05) is 31.5 Å². The van der Waals surface area contributed by atoms with Gasteiger partial charge in [-0.25, -0.2) is 19.7 Å². The summed E-state index contributed by atoms with van der Waals surface area (Å²) < 4.78 is 0. The van der Waals surface area contributed by atoms with Crippen LogP contribution in [0.1, 0.15) is 47.4 Å². The van der Waals surface area contributed by atoms with Crippen LogP contribution in [0.3, 0.4) is 0 Å². The number of anilines is 1. The Bertz CT molecular complexity index is 939. The summed E-state index contributed by atoms with van der Waals surface area (Å²) in [4.78, 5) is 38.6. The summed E-state index contributed by atoms with van der Waals surface area (Å²) in [6.45, 7) is 3.54. The van der Waals surface area contributed by atoms with E-state index in [-0.39, 0.29) is 5.69 Å². The number of carbonyl (C=O) groups is 2. The molecule has 2 aromatic heterocycles. The number of nitrogens with one attached hydrogen (secondary N) is 2. The van der Waals surface area contributed by atoms with E-state index < -0.39 is 17.9 Å². The molecular formula is C23H30N6O3. The molecule has 0 saturated carbocycles. The number of fused-ring (bicyclic) bond motifs is 1. The first-order valence-corrected chi connectivity index (χ1v) is 11.3. The molecule has 1 fully saturated rings. The molecule has 4 rings (SSSR count). The minimum absolute atomic E-state index is 0.165. The molecule has 2 aliphatic heterocycles. The van der Waals surface area contributed by atoms with Crippen LogP contribution in [0.4, 0.5) is 5.82 Å². The fourth-order valence-corrected chi connectivity index (χ4v) is 4.44. The van der Waals surface area contributed by atoms with Gasteiger partial charge in [-0.1, -0.05) is 6.07 Å². The van der Waals surface area contributed by atoms with Crippen molar-refractivity contribution in [1.29, 1.82) is 0 Å². The van der Waals surface area contributed by atoms with Crippen molar-refractivity contribution < 1.29 is 14.7 Å². The molecule has 1 amide bonds. The van der Waals surface area contributed by atoms with E-state index in [1.54, 1.807) is 0 Å². The molecule has 9 nitrogen and oxygen atoms in total. The lowest BCUT2D eigenvalue weighted by atomic mass is 10.00. The summed E-state index contributed by atoms with van der Waals surface area (Å²) in [7, 11) is 0. The number of hydrogen-bond acceptors (Lipinski definition) is 7. The van der Waals surface area contributed by atoms with Crippen molar-refractivity contribution in [3.8, 4) is 0 Å². The van der Waals surface area contributed by atoms with Crippen LogP contribution in [0.25, 0.3) is 0 Å². The minimum Gasteiger partial charge on any atom is -0.480 e. The second-order valence-corrected chi connectivity index (χ2v) is 8.58. The highest BCUT2D eigenvalue weighted by Gasteiger charge is 2.26. The Morgan fingerprint density at radius 1 is 1.31 bits per heavy atom. The van der Waals surface area contributed by atoms with E-state index in [0.29, 0.717) is 18.9 Å². The van der Waals surface area contributed by atoms with Crippen LogP contribution in [0.15, 0.2) is 30.7 Å². The van der Waals surface area contributed by atoms with Crippen LogP contribution < -0.4 is 10.6 Å². The standard InChI is InChI=1S/C23H30N6O3/c30-22(19-7-11-24-15-26-19)28-20(23(31)32)9-13-29-12-8-16(14-29)3-5-18-6-4-17-2-1-10-25-21(17)27-18/h4,6-7,11,15-16,20H,1-3,5,8-10,12-14H2,(H,25,27)(H,28,30)(H,31,32)/t16-,20+/m1/s1. The Morgan fingerprint density at radius 2 is 2.22 bits per heavy atom. The zero-order valence-electron chi connectivity index (χ0n) is 18.2. The third-order valence-corrected chi connectivity index (χ3v) is 6.28. The molecule has 2 atom stereocenters. The third kappa shape index (κ3) is 5.79. The lowest BCUT2D eigenvalue weighted by Gasteiger charge is -2.20. The van der Waals surface area contributed by atoms with Gasteiger partial charge in [-0.15, -0.1) is 0 Å². The molecule has 0 spiro atoms. The van der Waals surface area contributed by atoms with Gasteiger partial charge in [0.1, 0.15) is 23.9 Å². The first kappa shape index (κ1) is 22.1. The molecule has 1 saturated heterocycles. The van der Waals surface area contributed by atoms with Gasteiger partial charge in [0.05, 0.1) is 0 Å². The predicted octanol–water partition coefficient (Wildman–Crippen LogP) is 1.76. The maximum absolute atomic E-state index is 12.2. The highest BCUT2D eigenvalue weighted by molar-refractivity contribution is 5.94. The van der Waals surface area contributed by atoms with Gasteiger partial charge < -0.3 is 20.6 Å². The molecule has 170 valence electrons. The molecule has 2 aromatic rings. The first-order valence-electron chi connectivity index (χ1n) is 11.3. The zero-order chi connectivity index (χ0) is 22.3. The van der Waals surface area contributed by atoms with Crippen molar-refractivity contribution in [3.63, 3.8) is 0 Å². The molecule has 9 heteroatoms. The van der Waals surface area contributed by atoms with E-state index in [0.717, 1.165) is 56.8 Å². The maximum Gasteiger partial charge on any atom is 0.326 e. The molecule has 2 aliphatic rings. The monoisotopic (exact) mass is 438 g/mol. The van der Waals surface area contributed by atoms with E-state index in [2.05, 4.69) is 37.6 Å². The topological polar surface area (TPSA) is 120 Å².